The summed E-state index contributed by atoms with van der Waals surface area (Å²) in [6, 6.07) is -0.258. The zero-order chi connectivity index (χ0) is 11.0. The van der Waals surface area contributed by atoms with Crippen LogP contribution >= 0.6 is 0 Å². The molecule has 6 heteroatoms. The average Bonchev–Trinajstić information content (AvgIpc) is 2.71. The van der Waals surface area contributed by atoms with Gasteiger partial charge in [-0.15, -0.1) is 0 Å². The Bertz CT molecular complexity index is 472. The maximum absolute atomic E-state index is 5.62. The van der Waals surface area contributed by atoms with Gasteiger partial charge in [-0.25, -0.2) is 4.98 Å². The van der Waals surface area contributed by atoms with Crippen molar-refractivity contribution in [2.24, 2.45) is 5.73 Å². The Morgan fingerprint density at radius 1 is 1.27 bits per heavy atom. The molecule has 0 aliphatic rings. The van der Waals surface area contributed by atoms with Crippen LogP contribution in [0.5, 0.6) is 0 Å². The number of nitrogens with two attached hydrogens (primary N) is 1. The van der Waals surface area contributed by atoms with Crippen molar-refractivity contribution in [1.82, 2.24) is 15.1 Å². The first kappa shape index (κ1) is 9.85. The van der Waals surface area contributed by atoms with Gasteiger partial charge in [0.25, 0.3) is 5.89 Å². The highest BCUT2D eigenvalue weighted by molar-refractivity contribution is 5.47. The van der Waals surface area contributed by atoms with Crippen LogP contribution in [-0.4, -0.2) is 15.1 Å². The Morgan fingerprint density at radius 3 is 2.47 bits per heavy atom. The van der Waals surface area contributed by atoms with Gasteiger partial charge >= 0.3 is 0 Å². The van der Waals surface area contributed by atoms with E-state index in [0.29, 0.717) is 23.4 Å². The Morgan fingerprint density at radius 2 is 2.00 bits per heavy atom. The minimum absolute atomic E-state index is 0.258. The van der Waals surface area contributed by atoms with Crippen LogP contribution in [-0.2, 0) is 0 Å². The lowest BCUT2D eigenvalue weighted by Gasteiger charge is -1.92. The Kier molecular flexibility index (Phi) is 2.28. The second-order valence-electron chi connectivity index (χ2n) is 3.39. The maximum Gasteiger partial charge on any atom is 0.295 e. The summed E-state index contributed by atoms with van der Waals surface area (Å²) in [5.41, 5.74) is 6.35. The van der Waals surface area contributed by atoms with Crippen molar-refractivity contribution in [3.05, 3.63) is 17.4 Å². The number of aromatic nitrogens is 3. The van der Waals surface area contributed by atoms with Crippen molar-refractivity contribution >= 4 is 0 Å². The van der Waals surface area contributed by atoms with E-state index in [9.17, 15) is 0 Å². The van der Waals surface area contributed by atoms with Gasteiger partial charge in [0.05, 0.1) is 11.7 Å². The lowest BCUT2D eigenvalue weighted by molar-refractivity contribution is 0.402. The van der Waals surface area contributed by atoms with Crippen LogP contribution in [0, 0.1) is 13.8 Å². The van der Waals surface area contributed by atoms with E-state index < -0.39 is 0 Å². The molecule has 0 radical (unpaired) electrons. The molecule has 0 saturated heterocycles. The molecular weight excluding hydrogens is 196 g/mol. The van der Waals surface area contributed by atoms with Crippen molar-refractivity contribution in [2.45, 2.75) is 26.8 Å². The molecule has 2 N–H and O–H groups in total. The molecule has 0 spiro atoms. The van der Waals surface area contributed by atoms with E-state index in [1.54, 1.807) is 13.8 Å². The summed E-state index contributed by atoms with van der Waals surface area (Å²) >= 11 is 0. The topological polar surface area (TPSA) is 91.0 Å². The molecule has 0 saturated carbocycles. The van der Waals surface area contributed by atoms with E-state index in [4.69, 9.17) is 14.7 Å². The zero-order valence-electron chi connectivity index (χ0n) is 8.81. The van der Waals surface area contributed by atoms with Gasteiger partial charge in [-0.1, -0.05) is 5.16 Å². The summed E-state index contributed by atoms with van der Waals surface area (Å²) in [6.07, 6.45) is 0. The summed E-state index contributed by atoms with van der Waals surface area (Å²) < 4.78 is 10.4. The van der Waals surface area contributed by atoms with Crippen molar-refractivity contribution in [3.63, 3.8) is 0 Å². The molecule has 2 rings (SSSR count). The van der Waals surface area contributed by atoms with Crippen molar-refractivity contribution < 1.29 is 8.94 Å². The van der Waals surface area contributed by atoms with Crippen molar-refractivity contribution in [2.75, 3.05) is 0 Å². The minimum Gasteiger partial charge on any atom is -0.436 e. The third-order valence-electron chi connectivity index (χ3n) is 1.95. The van der Waals surface area contributed by atoms with Crippen LogP contribution in [0.25, 0.3) is 11.7 Å². The lowest BCUT2D eigenvalue weighted by Crippen LogP contribution is -2.06. The highest BCUT2D eigenvalue weighted by Crippen LogP contribution is 2.23. The quantitative estimate of drug-likeness (QED) is 0.801. The number of hydrogen-bond acceptors (Lipinski definition) is 6. The molecule has 0 fully saturated rings. The maximum atomic E-state index is 5.62. The normalized spacial score (nSPS) is 13.1. The van der Waals surface area contributed by atoms with Crippen LogP contribution in [0.3, 0.4) is 0 Å². The molecule has 6 nitrogen and oxygen atoms in total. The first-order valence-corrected chi connectivity index (χ1v) is 4.61. The van der Waals surface area contributed by atoms with E-state index in [2.05, 4.69) is 15.1 Å². The summed E-state index contributed by atoms with van der Waals surface area (Å²) in [4.78, 5) is 8.23. The molecule has 80 valence electrons. The predicted octanol–water partition coefficient (Wildman–Crippen LogP) is 1.36. The second-order valence-corrected chi connectivity index (χ2v) is 3.39. The smallest absolute Gasteiger partial charge is 0.295 e. The van der Waals surface area contributed by atoms with Crippen molar-refractivity contribution in [3.8, 4) is 11.7 Å². The molecule has 1 atom stereocenters. The number of oxazole rings is 1. The molecule has 15 heavy (non-hydrogen) atoms. The van der Waals surface area contributed by atoms with Crippen LogP contribution in [0.4, 0.5) is 0 Å². The monoisotopic (exact) mass is 208 g/mol. The fraction of sp³-hybridized carbons (Fsp3) is 0.444. The summed E-state index contributed by atoms with van der Waals surface area (Å²) in [5, 5.41) is 3.74. The van der Waals surface area contributed by atoms with Gasteiger partial charge in [0.1, 0.15) is 0 Å². The van der Waals surface area contributed by atoms with E-state index in [0.717, 1.165) is 5.69 Å². The standard InChI is InChI=1S/C9H12N4O2/c1-4(10)8-12-9(15-13-8)7-5(2)11-6(3)14-7/h4H,10H2,1-3H3. The highest BCUT2D eigenvalue weighted by atomic mass is 16.5. The van der Waals surface area contributed by atoms with Gasteiger partial charge in [-0.05, 0) is 13.8 Å². The van der Waals surface area contributed by atoms with Gasteiger partial charge in [0.2, 0.25) is 5.76 Å². The third kappa shape index (κ3) is 1.75. The molecule has 0 aliphatic heterocycles. The molecule has 0 aromatic carbocycles. The molecule has 0 aliphatic carbocycles. The molecule has 0 bridgehead atoms. The average molecular weight is 208 g/mol. The van der Waals surface area contributed by atoms with Gasteiger partial charge in [0, 0.05) is 6.92 Å². The van der Waals surface area contributed by atoms with E-state index in [1.807, 2.05) is 6.92 Å². The fourth-order valence-electron chi connectivity index (χ4n) is 1.24. The minimum atomic E-state index is -0.258. The molecule has 1 unspecified atom stereocenters. The summed E-state index contributed by atoms with van der Waals surface area (Å²) in [6.45, 7) is 5.37. The number of aryl methyl sites for hydroxylation is 2. The predicted molar refractivity (Wildman–Crippen MR) is 51.9 cm³/mol. The van der Waals surface area contributed by atoms with E-state index in [-0.39, 0.29) is 6.04 Å². The Hall–Kier alpha value is -1.69. The molecule has 0 amide bonds. The Balaban J connectivity index is 2.41. The van der Waals surface area contributed by atoms with Crippen LogP contribution in [0.2, 0.25) is 0 Å². The molecule has 2 aromatic heterocycles. The van der Waals surface area contributed by atoms with Crippen molar-refractivity contribution in [1.29, 1.82) is 0 Å². The number of nitrogens with zero attached hydrogens (tertiary/aromatic N) is 3. The summed E-state index contributed by atoms with van der Waals surface area (Å²) in [5.74, 6) is 1.86. The fourth-order valence-corrected chi connectivity index (χ4v) is 1.24. The number of hydrogen-bond donors (Lipinski definition) is 1. The lowest BCUT2D eigenvalue weighted by atomic mass is 10.3. The first-order chi connectivity index (χ1) is 7.08. The van der Waals surface area contributed by atoms with Crippen LogP contribution in [0.15, 0.2) is 8.94 Å². The third-order valence-corrected chi connectivity index (χ3v) is 1.95. The molecular formula is C9H12N4O2. The van der Waals surface area contributed by atoms with Crippen LogP contribution in [0.1, 0.15) is 30.4 Å². The highest BCUT2D eigenvalue weighted by Gasteiger charge is 2.18. The van der Waals surface area contributed by atoms with Gasteiger partial charge in [0.15, 0.2) is 11.7 Å². The zero-order valence-corrected chi connectivity index (χ0v) is 8.81. The molecule has 2 aromatic rings. The SMILES string of the molecule is Cc1nc(C)c(-c2nc(C(C)N)no2)o1. The van der Waals surface area contributed by atoms with Gasteiger partial charge in [-0.2, -0.15) is 4.98 Å². The Labute approximate surface area is 86.5 Å². The largest absolute Gasteiger partial charge is 0.436 e. The molecule has 2 heterocycles. The second kappa shape index (κ2) is 3.47. The van der Waals surface area contributed by atoms with E-state index in [1.165, 1.54) is 0 Å². The van der Waals surface area contributed by atoms with Gasteiger partial charge in [-0.3, -0.25) is 0 Å². The first-order valence-electron chi connectivity index (χ1n) is 4.61. The summed E-state index contributed by atoms with van der Waals surface area (Å²) in [7, 11) is 0. The van der Waals surface area contributed by atoms with Gasteiger partial charge < -0.3 is 14.7 Å². The van der Waals surface area contributed by atoms with E-state index >= 15 is 0 Å². The van der Waals surface area contributed by atoms with Crippen LogP contribution < -0.4 is 5.73 Å². The number of rotatable bonds is 2.